The van der Waals surface area contributed by atoms with E-state index in [0.717, 1.165) is 12.8 Å². The van der Waals surface area contributed by atoms with Crippen molar-refractivity contribution in [3.05, 3.63) is 18.0 Å². The number of aryl methyl sites for hydroxylation is 2. The molecule has 1 fully saturated rings. The molecule has 1 N–H and O–H groups in total. The van der Waals surface area contributed by atoms with Crippen LogP contribution in [0.4, 0.5) is 0 Å². The van der Waals surface area contributed by atoms with E-state index in [0.29, 0.717) is 11.3 Å². The van der Waals surface area contributed by atoms with Gasteiger partial charge in [-0.25, -0.2) is 0 Å². The van der Waals surface area contributed by atoms with Crippen LogP contribution in [0.5, 0.6) is 0 Å². The third-order valence-corrected chi connectivity index (χ3v) is 4.42. The van der Waals surface area contributed by atoms with Crippen LogP contribution in [0.1, 0.15) is 51.5 Å². The second-order valence-electron chi connectivity index (χ2n) is 6.63. The van der Waals surface area contributed by atoms with E-state index in [1.807, 2.05) is 24.1 Å². The van der Waals surface area contributed by atoms with Gasteiger partial charge in [-0.05, 0) is 55.4 Å². The number of rotatable bonds is 4. The minimum atomic E-state index is -0.138. The maximum atomic E-state index is 10.3. The number of hydrogen-bond donors (Lipinski definition) is 1. The van der Waals surface area contributed by atoms with E-state index >= 15 is 0 Å². The van der Waals surface area contributed by atoms with Crippen molar-refractivity contribution in [2.45, 2.75) is 58.5 Å². The molecule has 2 rings (SSSR count). The van der Waals surface area contributed by atoms with Crippen molar-refractivity contribution in [3.8, 4) is 0 Å². The number of hydrogen-bond acceptors (Lipinski definition) is 2. The van der Waals surface area contributed by atoms with Gasteiger partial charge >= 0.3 is 0 Å². The Hall–Kier alpha value is -0.830. The summed E-state index contributed by atoms with van der Waals surface area (Å²) < 4.78 is 1.82. The SMILES string of the molecule is Cn1cc(CCC(O)C2CCC(C)(C)CC2)cn1. The topological polar surface area (TPSA) is 38.0 Å². The Bertz CT molecular complexity index is 374. The molecule has 0 saturated heterocycles. The molecule has 1 saturated carbocycles. The van der Waals surface area contributed by atoms with Crippen LogP contribution < -0.4 is 0 Å². The molecule has 1 aromatic rings. The van der Waals surface area contributed by atoms with Gasteiger partial charge in [0.1, 0.15) is 0 Å². The third kappa shape index (κ3) is 3.58. The summed E-state index contributed by atoms with van der Waals surface area (Å²) in [5.74, 6) is 0.509. The van der Waals surface area contributed by atoms with E-state index < -0.39 is 0 Å². The molecule has 0 amide bonds. The van der Waals surface area contributed by atoms with Crippen LogP contribution >= 0.6 is 0 Å². The van der Waals surface area contributed by atoms with Crippen LogP contribution in [-0.4, -0.2) is 21.0 Å². The molecule has 0 bridgehead atoms. The Labute approximate surface area is 110 Å². The summed E-state index contributed by atoms with van der Waals surface area (Å²) in [5, 5.41) is 14.4. The normalized spacial score (nSPS) is 22.0. The predicted octanol–water partition coefficient (Wildman–Crippen LogP) is 2.93. The summed E-state index contributed by atoms with van der Waals surface area (Å²) in [6.07, 6.45) is 10.5. The molecule has 0 radical (unpaired) electrons. The molecular weight excluding hydrogens is 224 g/mol. The molecule has 1 atom stereocenters. The predicted molar refractivity (Wildman–Crippen MR) is 73.3 cm³/mol. The Kier molecular flexibility index (Phi) is 4.10. The highest BCUT2D eigenvalue weighted by Crippen LogP contribution is 2.39. The van der Waals surface area contributed by atoms with Crippen LogP contribution in [0.15, 0.2) is 12.4 Å². The Morgan fingerprint density at radius 1 is 1.44 bits per heavy atom. The van der Waals surface area contributed by atoms with Gasteiger partial charge in [-0.1, -0.05) is 13.8 Å². The van der Waals surface area contributed by atoms with E-state index in [-0.39, 0.29) is 6.10 Å². The second-order valence-corrected chi connectivity index (χ2v) is 6.63. The number of aliphatic hydroxyl groups is 1. The fraction of sp³-hybridized carbons (Fsp3) is 0.800. The number of aromatic nitrogens is 2. The largest absolute Gasteiger partial charge is 0.393 e. The Balaban J connectivity index is 1.77. The smallest absolute Gasteiger partial charge is 0.0571 e. The van der Waals surface area contributed by atoms with E-state index in [4.69, 9.17) is 0 Å². The molecule has 1 heterocycles. The molecule has 3 nitrogen and oxygen atoms in total. The summed E-state index contributed by atoms with van der Waals surface area (Å²) in [7, 11) is 1.93. The summed E-state index contributed by atoms with van der Waals surface area (Å²) in [5.41, 5.74) is 1.72. The zero-order chi connectivity index (χ0) is 13.2. The van der Waals surface area contributed by atoms with Gasteiger partial charge in [0.2, 0.25) is 0 Å². The zero-order valence-electron chi connectivity index (χ0n) is 11.9. The third-order valence-electron chi connectivity index (χ3n) is 4.42. The van der Waals surface area contributed by atoms with Crippen molar-refractivity contribution in [3.63, 3.8) is 0 Å². The summed E-state index contributed by atoms with van der Waals surface area (Å²) in [6, 6.07) is 0. The van der Waals surface area contributed by atoms with Gasteiger partial charge in [0.15, 0.2) is 0 Å². The molecule has 1 unspecified atom stereocenters. The van der Waals surface area contributed by atoms with Crippen LogP contribution in [-0.2, 0) is 13.5 Å². The van der Waals surface area contributed by atoms with Gasteiger partial charge in [-0.2, -0.15) is 5.10 Å². The molecule has 18 heavy (non-hydrogen) atoms. The molecule has 0 aromatic carbocycles. The first-order valence-corrected chi connectivity index (χ1v) is 7.12. The first-order chi connectivity index (χ1) is 8.46. The molecular formula is C15H26N2O. The van der Waals surface area contributed by atoms with E-state index in [2.05, 4.69) is 18.9 Å². The van der Waals surface area contributed by atoms with Gasteiger partial charge in [-0.15, -0.1) is 0 Å². The molecule has 3 heteroatoms. The van der Waals surface area contributed by atoms with E-state index in [1.54, 1.807) is 0 Å². The average Bonchev–Trinajstić information content (AvgIpc) is 2.72. The van der Waals surface area contributed by atoms with Gasteiger partial charge in [-0.3, -0.25) is 4.68 Å². The molecule has 1 aliphatic rings. The van der Waals surface area contributed by atoms with Crippen molar-refractivity contribution in [1.82, 2.24) is 9.78 Å². The van der Waals surface area contributed by atoms with E-state index in [9.17, 15) is 5.11 Å². The lowest BCUT2D eigenvalue weighted by molar-refractivity contribution is 0.0517. The Morgan fingerprint density at radius 3 is 2.67 bits per heavy atom. The second kappa shape index (κ2) is 5.43. The van der Waals surface area contributed by atoms with Crippen molar-refractivity contribution in [2.75, 3.05) is 0 Å². The maximum Gasteiger partial charge on any atom is 0.0571 e. The number of aliphatic hydroxyl groups excluding tert-OH is 1. The summed E-state index contributed by atoms with van der Waals surface area (Å²) in [6.45, 7) is 4.68. The minimum Gasteiger partial charge on any atom is -0.393 e. The van der Waals surface area contributed by atoms with Crippen LogP contribution in [0.3, 0.4) is 0 Å². The highest BCUT2D eigenvalue weighted by atomic mass is 16.3. The van der Waals surface area contributed by atoms with Crippen molar-refractivity contribution in [2.24, 2.45) is 18.4 Å². The minimum absolute atomic E-state index is 0.138. The van der Waals surface area contributed by atoms with E-state index in [1.165, 1.54) is 31.2 Å². The molecule has 0 aliphatic heterocycles. The van der Waals surface area contributed by atoms with Gasteiger partial charge in [0, 0.05) is 13.2 Å². The average molecular weight is 250 g/mol. The van der Waals surface area contributed by atoms with Crippen molar-refractivity contribution in [1.29, 1.82) is 0 Å². The van der Waals surface area contributed by atoms with Crippen LogP contribution in [0.2, 0.25) is 0 Å². The van der Waals surface area contributed by atoms with Gasteiger partial charge in [0.25, 0.3) is 0 Å². The fourth-order valence-electron chi connectivity index (χ4n) is 2.96. The first kappa shape index (κ1) is 13.6. The fourth-order valence-corrected chi connectivity index (χ4v) is 2.96. The quantitative estimate of drug-likeness (QED) is 0.892. The summed E-state index contributed by atoms with van der Waals surface area (Å²) in [4.78, 5) is 0. The monoisotopic (exact) mass is 250 g/mol. The molecule has 1 aliphatic carbocycles. The number of nitrogens with zero attached hydrogens (tertiary/aromatic N) is 2. The molecule has 102 valence electrons. The highest BCUT2D eigenvalue weighted by Gasteiger charge is 2.30. The Morgan fingerprint density at radius 2 is 2.11 bits per heavy atom. The molecule has 0 spiro atoms. The summed E-state index contributed by atoms with van der Waals surface area (Å²) >= 11 is 0. The van der Waals surface area contributed by atoms with Gasteiger partial charge < -0.3 is 5.11 Å². The lowest BCUT2D eigenvalue weighted by Gasteiger charge is -2.36. The zero-order valence-corrected chi connectivity index (χ0v) is 11.9. The van der Waals surface area contributed by atoms with Crippen molar-refractivity contribution >= 4 is 0 Å². The van der Waals surface area contributed by atoms with Gasteiger partial charge in [0.05, 0.1) is 12.3 Å². The molecule has 1 aromatic heterocycles. The lowest BCUT2D eigenvalue weighted by atomic mass is 9.71. The van der Waals surface area contributed by atoms with Crippen LogP contribution in [0, 0.1) is 11.3 Å². The lowest BCUT2D eigenvalue weighted by Crippen LogP contribution is -2.29. The van der Waals surface area contributed by atoms with Crippen molar-refractivity contribution < 1.29 is 5.11 Å². The van der Waals surface area contributed by atoms with Crippen LogP contribution in [0.25, 0.3) is 0 Å². The standard InChI is InChI=1S/C15H26N2O/c1-15(2)8-6-13(7-9-15)14(18)5-4-12-10-16-17(3)11-12/h10-11,13-14,18H,4-9H2,1-3H3. The first-order valence-electron chi connectivity index (χ1n) is 7.12. The maximum absolute atomic E-state index is 10.3. The highest BCUT2D eigenvalue weighted by molar-refractivity contribution is 5.03.